The zero-order valence-electron chi connectivity index (χ0n) is 11.1. The lowest BCUT2D eigenvalue weighted by Gasteiger charge is -2.29. The van der Waals surface area contributed by atoms with Crippen molar-refractivity contribution in [2.45, 2.75) is 37.1 Å². The molecule has 19 heavy (non-hydrogen) atoms. The third-order valence-corrected chi connectivity index (χ3v) is 5.27. The van der Waals surface area contributed by atoms with Crippen LogP contribution in [0.25, 0.3) is 0 Å². The number of hydrogen-bond donors (Lipinski definition) is 1. The summed E-state index contributed by atoms with van der Waals surface area (Å²) in [6.45, 7) is 3.05. The van der Waals surface area contributed by atoms with Gasteiger partial charge in [-0.25, -0.2) is 8.42 Å². The van der Waals surface area contributed by atoms with Crippen LogP contribution in [0.3, 0.4) is 0 Å². The molecule has 0 aliphatic carbocycles. The molecule has 1 aliphatic rings. The van der Waals surface area contributed by atoms with Crippen LogP contribution in [0.2, 0.25) is 0 Å². The standard InChI is InChI=1S/C13H20N2O2S.ClH/c1-2-11-5-7-13(8-6-11)18(16,17)15-9-3-4-12(14)10-15;/h5-8,12H,2-4,9-10,14H2,1H3;1H/t12-;/m0./s1. The van der Waals surface area contributed by atoms with Crippen LogP contribution in [0.4, 0.5) is 0 Å². The van der Waals surface area contributed by atoms with E-state index >= 15 is 0 Å². The Labute approximate surface area is 121 Å². The molecule has 1 fully saturated rings. The normalized spacial score (nSPS) is 20.8. The Bertz CT molecular complexity index is 502. The predicted octanol–water partition coefficient (Wildman–Crippen LogP) is 1.78. The van der Waals surface area contributed by atoms with Crippen LogP contribution in [-0.4, -0.2) is 31.9 Å². The largest absolute Gasteiger partial charge is 0.327 e. The number of hydrogen-bond acceptors (Lipinski definition) is 3. The number of halogens is 1. The van der Waals surface area contributed by atoms with Crippen molar-refractivity contribution in [1.82, 2.24) is 4.31 Å². The second-order valence-corrected chi connectivity index (χ2v) is 6.70. The minimum Gasteiger partial charge on any atom is -0.327 e. The molecular weight excluding hydrogens is 284 g/mol. The molecule has 108 valence electrons. The quantitative estimate of drug-likeness (QED) is 0.926. The monoisotopic (exact) mass is 304 g/mol. The molecule has 0 aromatic heterocycles. The fourth-order valence-electron chi connectivity index (χ4n) is 2.24. The number of sulfonamides is 1. The van der Waals surface area contributed by atoms with Crippen molar-refractivity contribution in [3.05, 3.63) is 29.8 Å². The van der Waals surface area contributed by atoms with Gasteiger partial charge in [0.25, 0.3) is 0 Å². The molecule has 2 rings (SSSR count). The number of nitrogens with zero attached hydrogens (tertiary/aromatic N) is 1. The highest BCUT2D eigenvalue weighted by molar-refractivity contribution is 7.89. The number of rotatable bonds is 3. The lowest BCUT2D eigenvalue weighted by atomic mass is 10.1. The molecule has 0 radical (unpaired) electrons. The van der Waals surface area contributed by atoms with Crippen molar-refractivity contribution in [1.29, 1.82) is 0 Å². The highest BCUT2D eigenvalue weighted by atomic mass is 35.5. The first-order valence-electron chi connectivity index (χ1n) is 6.38. The number of nitrogens with two attached hydrogens (primary N) is 1. The predicted molar refractivity (Wildman–Crippen MR) is 79.0 cm³/mol. The summed E-state index contributed by atoms with van der Waals surface area (Å²) >= 11 is 0. The van der Waals surface area contributed by atoms with Crippen molar-refractivity contribution in [2.75, 3.05) is 13.1 Å². The highest BCUT2D eigenvalue weighted by Gasteiger charge is 2.28. The van der Waals surface area contributed by atoms with Crippen molar-refractivity contribution in [3.63, 3.8) is 0 Å². The molecule has 4 nitrogen and oxygen atoms in total. The SMILES string of the molecule is CCc1ccc(S(=O)(=O)N2CCC[C@H](N)C2)cc1.Cl. The molecule has 0 amide bonds. The highest BCUT2D eigenvalue weighted by Crippen LogP contribution is 2.20. The van der Waals surface area contributed by atoms with Gasteiger partial charge in [-0.15, -0.1) is 12.4 Å². The van der Waals surface area contributed by atoms with Crippen LogP contribution in [0.15, 0.2) is 29.2 Å². The summed E-state index contributed by atoms with van der Waals surface area (Å²) in [4.78, 5) is 0.369. The number of aryl methyl sites for hydroxylation is 1. The molecule has 0 bridgehead atoms. The summed E-state index contributed by atoms with van der Waals surface area (Å²) in [7, 11) is -3.37. The Morgan fingerprint density at radius 1 is 1.32 bits per heavy atom. The summed E-state index contributed by atoms with van der Waals surface area (Å²) in [5.74, 6) is 0. The van der Waals surface area contributed by atoms with Gasteiger partial charge in [-0.3, -0.25) is 0 Å². The summed E-state index contributed by atoms with van der Waals surface area (Å²) < 4.78 is 26.3. The van der Waals surface area contributed by atoms with Gasteiger partial charge in [-0.05, 0) is 37.0 Å². The average molecular weight is 305 g/mol. The lowest BCUT2D eigenvalue weighted by Crippen LogP contribution is -2.45. The van der Waals surface area contributed by atoms with Crippen LogP contribution < -0.4 is 5.73 Å². The van der Waals surface area contributed by atoms with E-state index in [1.54, 1.807) is 12.1 Å². The molecule has 0 saturated carbocycles. The van der Waals surface area contributed by atoms with E-state index < -0.39 is 10.0 Å². The van der Waals surface area contributed by atoms with Crippen molar-refractivity contribution < 1.29 is 8.42 Å². The fourth-order valence-corrected chi connectivity index (χ4v) is 3.77. The van der Waals surface area contributed by atoms with Crippen LogP contribution >= 0.6 is 12.4 Å². The molecule has 1 aromatic carbocycles. The Hall–Kier alpha value is -0.620. The smallest absolute Gasteiger partial charge is 0.243 e. The van der Waals surface area contributed by atoms with E-state index in [1.807, 2.05) is 19.1 Å². The zero-order valence-corrected chi connectivity index (χ0v) is 12.7. The molecule has 1 aromatic rings. The maximum absolute atomic E-state index is 12.4. The molecule has 6 heteroatoms. The van der Waals surface area contributed by atoms with Gasteiger partial charge in [0.15, 0.2) is 0 Å². The fraction of sp³-hybridized carbons (Fsp3) is 0.538. The van der Waals surface area contributed by atoms with Crippen molar-refractivity contribution in [2.24, 2.45) is 5.73 Å². The number of benzene rings is 1. The topological polar surface area (TPSA) is 63.4 Å². The van der Waals surface area contributed by atoms with E-state index in [4.69, 9.17) is 5.73 Å². The second-order valence-electron chi connectivity index (χ2n) is 4.76. The first kappa shape index (κ1) is 16.4. The molecule has 1 saturated heterocycles. The molecule has 2 N–H and O–H groups in total. The van der Waals surface area contributed by atoms with Gasteiger partial charge < -0.3 is 5.73 Å². The molecular formula is C13H21ClN2O2S. The Morgan fingerprint density at radius 2 is 1.95 bits per heavy atom. The maximum Gasteiger partial charge on any atom is 0.243 e. The summed E-state index contributed by atoms with van der Waals surface area (Å²) in [5, 5.41) is 0. The van der Waals surface area contributed by atoms with Crippen LogP contribution in [0.1, 0.15) is 25.3 Å². The van der Waals surface area contributed by atoms with E-state index in [-0.39, 0.29) is 18.4 Å². The number of piperidine rings is 1. The van der Waals surface area contributed by atoms with Gasteiger partial charge in [0.05, 0.1) is 4.90 Å². The van der Waals surface area contributed by atoms with Crippen LogP contribution in [0, 0.1) is 0 Å². The van der Waals surface area contributed by atoms with Crippen molar-refractivity contribution in [3.8, 4) is 0 Å². The summed E-state index contributed by atoms with van der Waals surface area (Å²) in [5.41, 5.74) is 6.98. The third kappa shape index (κ3) is 3.69. The maximum atomic E-state index is 12.4. The minimum absolute atomic E-state index is 0. The van der Waals surface area contributed by atoms with E-state index in [9.17, 15) is 8.42 Å². The van der Waals surface area contributed by atoms with E-state index in [2.05, 4.69) is 0 Å². The Morgan fingerprint density at radius 3 is 2.47 bits per heavy atom. The zero-order chi connectivity index (χ0) is 13.2. The van der Waals surface area contributed by atoms with Gasteiger partial charge in [-0.2, -0.15) is 4.31 Å². The molecule has 0 unspecified atom stereocenters. The Balaban J connectivity index is 0.00000180. The molecule has 1 atom stereocenters. The molecule has 0 spiro atoms. The first-order valence-corrected chi connectivity index (χ1v) is 7.82. The molecule has 1 heterocycles. The summed E-state index contributed by atoms with van der Waals surface area (Å²) in [6, 6.07) is 7.08. The van der Waals surface area contributed by atoms with Gasteiger partial charge in [-0.1, -0.05) is 19.1 Å². The van der Waals surface area contributed by atoms with Gasteiger partial charge in [0, 0.05) is 19.1 Å². The Kier molecular flexibility index (Phi) is 5.80. The lowest BCUT2D eigenvalue weighted by molar-refractivity contribution is 0.316. The third-order valence-electron chi connectivity index (χ3n) is 3.39. The van der Waals surface area contributed by atoms with Gasteiger partial charge in [0.2, 0.25) is 10.0 Å². The molecule has 1 aliphatic heterocycles. The minimum atomic E-state index is -3.37. The van der Waals surface area contributed by atoms with Gasteiger partial charge >= 0.3 is 0 Å². The van der Waals surface area contributed by atoms with E-state index in [0.29, 0.717) is 18.0 Å². The summed E-state index contributed by atoms with van der Waals surface area (Å²) in [6.07, 6.45) is 2.66. The van der Waals surface area contributed by atoms with E-state index in [0.717, 1.165) is 24.8 Å². The van der Waals surface area contributed by atoms with Crippen LogP contribution in [0.5, 0.6) is 0 Å². The van der Waals surface area contributed by atoms with Crippen LogP contribution in [-0.2, 0) is 16.4 Å². The second kappa shape index (κ2) is 6.70. The van der Waals surface area contributed by atoms with Gasteiger partial charge in [0.1, 0.15) is 0 Å². The first-order chi connectivity index (χ1) is 8.54. The van der Waals surface area contributed by atoms with Crippen molar-refractivity contribution >= 4 is 22.4 Å². The van der Waals surface area contributed by atoms with E-state index in [1.165, 1.54) is 4.31 Å². The average Bonchev–Trinajstić information content (AvgIpc) is 2.39.